The number of nitrogens with zero attached hydrogens (tertiary/aromatic N) is 5. The zero-order valence-electron chi connectivity index (χ0n) is 11.8. The summed E-state index contributed by atoms with van der Waals surface area (Å²) < 4.78 is 38.0. The number of rotatable bonds is 5. The summed E-state index contributed by atoms with van der Waals surface area (Å²) in [5.41, 5.74) is 0. The number of amides is 2. The molecule has 1 N–H and O–H groups in total. The number of carbonyl (C=O) groups is 1. The number of hydrogen-bond acceptors (Lipinski definition) is 4. The molecule has 1 aliphatic carbocycles. The van der Waals surface area contributed by atoms with E-state index in [0.29, 0.717) is 5.82 Å². The molecule has 7 nitrogen and oxygen atoms in total. The molecule has 1 unspecified atom stereocenters. The zero-order valence-corrected chi connectivity index (χ0v) is 11.8. The molecule has 10 heteroatoms. The SMILES string of the molecule is CC(NC(=O)N(C)CCC(F)(F)F)c1nnnn1C1CC1. The minimum Gasteiger partial charge on any atom is -0.328 e. The normalized spacial score (nSPS) is 16.6. The van der Waals surface area contributed by atoms with Gasteiger partial charge in [0.15, 0.2) is 5.82 Å². The van der Waals surface area contributed by atoms with Gasteiger partial charge in [0, 0.05) is 13.6 Å². The van der Waals surface area contributed by atoms with Crippen LogP contribution in [0.4, 0.5) is 18.0 Å². The van der Waals surface area contributed by atoms with Crippen molar-refractivity contribution in [3.63, 3.8) is 0 Å². The predicted molar refractivity (Wildman–Crippen MR) is 66.3 cm³/mol. The van der Waals surface area contributed by atoms with Crippen LogP contribution in [0.15, 0.2) is 0 Å². The van der Waals surface area contributed by atoms with Crippen molar-refractivity contribution in [2.24, 2.45) is 0 Å². The van der Waals surface area contributed by atoms with Gasteiger partial charge >= 0.3 is 12.2 Å². The number of halogens is 3. The molecule has 1 heterocycles. The minimum atomic E-state index is -4.28. The van der Waals surface area contributed by atoms with E-state index in [1.165, 1.54) is 7.05 Å². The van der Waals surface area contributed by atoms with Crippen molar-refractivity contribution in [1.82, 2.24) is 30.4 Å². The van der Waals surface area contributed by atoms with Gasteiger partial charge in [-0.05, 0) is 30.2 Å². The summed E-state index contributed by atoms with van der Waals surface area (Å²) in [5.74, 6) is 0.509. The lowest BCUT2D eigenvalue weighted by Gasteiger charge is -2.21. The second-order valence-corrected chi connectivity index (χ2v) is 5.17. The summed E-state index contributed by atoms with van der Waals surface area (Å²) in [7, 11) is 1.32. The number of nitrogens with one attached hydrogen (secondary N) is 1. The van der Waals surface area contributed by atoms with Crippen molar-refractivity contribution in [3.05, 3.63) is 5.82 Å². The standard InChI is InChI=1S/C11H17F3N6O/c1-7(9-16-17-18-20(9)8-3-4-8)15-10(21)19(2)6-5-11(12,13)14/h7-8H,3-6H2,1-2H3,(H,15,21). The van der Waals surface area contributed by atoms with Crippen molar-refractivity contribution in [2.45, 2.75) is 44.4 Å². The second-order valence-electron chi connectivity index (χ2n) is 5.17. The van der Waals surface area contributed by atoms with E-state index >= 15 is 0 Å². The van der Waals surface area contributed by atoms with Crippen molar-refractivity contribution in [3.8, 4) is 0 Å². The molecule has 1 saturated carbocycles. The maximum atomic E-state index is 12.1. The quantitative estimate of drug-likeness (QED) is 0.897. The molecule has 1 fully saturated rings. The zero-order chi connectivity index (χ0) is 15.6. The second kappa shape index (κ2) is 5.86. The molecule has 1 aromatic heterocycles. The Hall–Kier alpha value is -1.87. The molecule has 0 aromatic carbocycles. The minimum absolute atomic E-state index is 0.261. The van der Waals surface area contributed by atoms with Gasteiger partial charge in [-0.3, -0.25) is 0 Å². The highest BCUT2D eigenvalue weighted by atomic mass is 19.4. The molecule has 2 amide bonds. The fraction of sp³-hybridized carbons (Fsp3) is 0.818. The first-order chi connectivity index (χ1) is 9.78. The van der Waals surface area contributed by atoms with Crippen LogP contribution in [0.3, 0.4) is 0 Å². The molecule has 0 radical (unpaired) electrons. The van der Waals surface area contributed by atoms with E-state index in [2.05, 4.69) is 20.8 Å². The number of hydrogen-bond donors (Lipinski definition) is 1. The first-order valence-corrected chi connectivity index (χ1v) is 6.64. The summed E-state index contributed by atoms with van der Waals surface area (Å²) in [6.45, 7) is 1.30. The van der Waals surface area contributed by atoms with Crippen LogP contribution in [0.1, 0.15) is 44.1 Å². The number of alkyl halides is 3. The van der Waals surface area contributed by atoms with Crippen molar-refractivity contribution in [1.29, 1.82) is 0 Å². The Labute approximate surface area is 119 Å². The smallest absolute Gasteiger partial charge is 0.328 e. The molecule has 21 heavy (non-hydrogen) atoms. The maximum absolute atomic E-state index is 12.1. The molecule has 1 aliphatic rings. The van der Waals surface area contributed by atoms with Crippen molar-refractivity contribution < 1.29 is 18.0 Å². The third-order valence-corrected chi connectivity index (χ3v) is 3.22. The summed E-state index contributed by atoms with van der Waals surface area (Å²) >= 11 is 0. The first kappa shape index (κ1) is 15.5. The number of urea groups is 1. The topological polar surface area (TPSA) is 75.9 Å². The van der Waals surface area contributed by atoms with Gasteiger partial charge in [-0.25, -0.2) is 9.48 Å². The van der Waals surface area contributed by atoms with Crippen molar-refractivity contribution >= 4 is 6.03 Å². The summed E-state index contributed by atoms with van der Waals surface area (Å²) in [4.78, 5) is 12.8. The van der Waals surface area contributed by atoms with Crippen LogP contribution in [-0.2, 0) is 0 Å². The Morgan fingerprint density at radius 1 is 1.52 bits per heavy atom. The van der Waals surface area contributed by atoms with Gasteiger partial charge in [-0.1, -0.05) is 0 Å². The molecular weight excluding hydrogens is 289 g/mol. The Balaban J connectivity index is 1.88. The predicted octanol–water partition coefficient (Wildman–Crippen LogP) is 1.66. The molecule has 1 atom stereocenters. The van der Waals surface area contributed by atoms with Crippen LogP contribution in [0.25, 0.3) is 0 Å². The summed E-state index contributed by atoms with van der Waals surface area (Å²) in [5, 5.41) is 13.9. The molecule has 0 saturated heterocycles. The Morgan fingerprint density at radius 3 is 2.76 bits per heavy atom. The van der Waals surface area contributed by atoms with Gasteiger partial charge in [-0.15, -0.1) is 5.10 Å². The Kier molecular flexibility index (Phi) is 4.33. The highest BCUT2D eigenvalue weighted by Crippen LogP contribution is 2.35. The summed E-state index contributed by atoms with van der Waals surface area (Å²) in [6.07, 6.45) is -3.34. The third kappa shape index (κ3) is 4.30. The highest BCUT2D eigenvalue weighted by Gasteiger charge is 2.31. The monoisotopic (exact) mass is 306 g/mol. The molecule has 2 rings (SSSR count). The van der Waals surface area contributed by atoms with E-state index in [1.807, 2.05) is 0 Å². The maximum Gasteiger partial charge on any atom is 0.390 e. The van der Waals surface area contributed by atoms with Crippen molar-refractivity contribution in [2.75, 3.05) is 13.6 Å². The average Bonchev–Trinajstić information content (AvgIpc) is 3.12. The van der Waals surface area contributed by atoms with Crippen LogP contribution < -0.4 is 5.32 Å². The van der Waals surface area contributed by atoms with Crippen LogP contribution in [0.5, 0.6) is 0 Å². The van der Waals surface area contributed by atoms with Gasteiger partial charge < -0.3 is 10.2 Å². The first-order valence-electron chi connectivity index (χ1n) is 6.64. The molecule has 0 bridgehead atoms. The van der Waals surface area contributed by atoms with Crippen LogP contribution in [-0.4, -0.2) is 50.9 Å². The van der Waals surface area contributed by atoms with Crippen LogP contribution in [0.2, 0.25) is 0 Å². The number of carbonyl (C=O) groups excluding carboxylic acids is 1. The lowest BCUT2D eigenvalue weighted by atomic mass is 10.3. The van der Waals surface area contributed by atoms with Gasteiger partial charge in [-0.2, -0.15) is 13.2 Å². The van der Waals surface area contributed by atoms with E-state index in [1.54, 1.807) is 11.6 Å². The molecule has 1 aromatic rings. The van der Waals surface area contributed by atoms with E-state index < -0.39 is 31.2 Å². The van der Waals surface area contributed by atoms with E-state index in [-0.39, 0.29) is 6.04 Å². The van der Waals surface area contributed by atoms with Gasteiger partial charge in [0.2, 0.25) is 0 Å². The third-order valence-electron chi connectivity index (χ3n) is 3.22. The fourth-order valence-electron chi connectivity index (χ4n) is 1.82. The van der Waals surface area contributed by atoms with Crippen LogP contribution >= 0.6 is 0 Å². The average molecular weight is 306 g/mol. The molecule has 118 valence electrons. The fourth-order valence-corrected chi connectivity index (χ4v) is 1.82. The molecule has 0 aliphatic heterocycles. The van der Waals surface area contributed by atoms with E-state index in [9.17, 15) is 18.0 Å². The summed E-state index contributed by atoms with van der Waals surface area (Å²) in [6, 6.07) is -0.796. The van der Waals surface area contributed by atoms with Crippen LogP contribution in [0, 0.1) is 0 Å². The largest absolute Gasteiger partial charge is 0.390 e. The number of aromatic nitrogens is 4. The van der Waals surface area contributed by atoms with Gasteiger partial charge in [0.05, 0.1) is 18.5 Å². The lowest BCUT2D eigenvalue weighted by Crippen LogP contribution is -2.40. The molecular formula is C11H17F3N6O. The lowest BCUT2D eigenvalue weighted by molar-refractivity contribution is -0.136. The van der Waals surface area contributed by atoms with E-state index in [4.69, 9.17) is 0 Å². The van der Waals surface area contributed by atoms with E-state index in [0.717, 1.165) is 17.7 Å². The Bertz CT molecular complexity index is 498. The molecule has 0 spiro atoms. The number of tetrazole rings is 1. The van der Waals surface area contributed by atoms with Gasteiger partial charge in [0.25, 0.3) is 0 Å². The highest BCUT2D eigenvalue weighted by molar-refractivity contribution is 5.74. The Morgan fingerprint density at radius 2 is 2.19 bits per heavy atom. The van der Waals surface area contributed by atoms with Gasteiger partial charge in [0.1, 0.15) is 0 Å².